The summed E-state index contributed by atoms with van der Waals surface area (Å²) in [4.78, 5) is 14.6. The fourth-order valence-corrected chi connectivity index (χ4v) is 4.72. The Balaban J connectivity index is 1.47. The molecule has 3 heterocycles. The second kappa shape index (κ2) is 10.1. The highest BCUT2D eigenvalue weighted by molar-refractivity contribution is 5.91. The summed E-state index contributed by atoms with van der Waals surface area (Å²) < 4.78 is 28.6. The van der Waals surface area contributed by atoms with Crippen LogP contribution in [0.1, 0.15) is 36.8 Å². The van der Waals surface area contributed by atoms with Gasteiger partial charge in [-0.05, 0) is 61.7 Å². The summed E-state index contributed by atoms with van der Waals surface area (Å²) in [5.41, 5.74) is 3.51. The number of anilines is 1. The van der Waals surface area contributed by atoms with Gasteiger partial charge in [0.05, 0.1) is 16.8 Å². The van der Waals surface area contributed by atoms with Gasteiger partial charge in [-0.3, -0.25) is 4.90 Å². The van der Waals surface area contributed by atoms with Crippen LogP contribution in [0.3, 0.4) is 0 Å². The van der Waals surface area contributed by atoms with Crippen LogP contribution in [0, 0.1) is 18.6 Å². The topological polar surface area (TPSA) is 50.1 Å². The minimum atomic E-state index is -0.279. The number of aryl methyl sites for hydroxylation is 2. The van der Waals surface area contributed by atoms with Gasteiger partial charge in [0, 0.05) is 39.1 Å². The molecule has 5 rings (SSSR count). The summed E-state index contributed by atoms with van der Waals surface area (Å²) in [6.07, 6.45) is 2.72. The Morgan fingerprint density at radius 3 is 2.29 bits per heavy atom. The molecule has 0 atom stereocenters. The van der Waals surface area contributed by atoms with E-state index >= 15 is 0 Å². The number of fused-ring (bicyclic) bond motifs is 1. The van der Waals surface area contributed by atoms with Gasteiger partial charge in [0.25, 0.3) is 0 Å². The number of hydrogen-bond acceptors (Lipinski definition) is 5. The second-order valence-electron chi connectivity index (χ2n) is 9.13. The molecule has 0 saturated carbocycles. The third-order valence-corrected chi connectivity index (χ3v) is 6.48. The number of halogens is 2. The molecular weight excluding hydrogens is 446 g/mol. The molecule has 4 aromatic rings. The number of benzene rings is 2. The minimum absolute atomic E-state index is 0.206. The Kier molecular flexibility index (Phi) is 6.72. The van der Waals surface area contributed by atoms with Crippen LogP contribution in [-0.4, -0.2) is 50.8 Å². The van der Waals surface area contributed by atoms with Crippen molar-refractivity contribution in [3.8, 4) is 5.69 Å². The summed E-state index contributed by atoms with van der Waals surface area (Å²) in [7, 11) is 0. The van der Waals surface area contributed by atoms with E-state index < -0.39 is 0 Å². The Morgan fingerprint density at radius 2 is 1.57 bits per heavy atom. The third-order valence-electron chi connectivity index (χ3n) is 6.48. The molecule has 0 N–H and O–H groups in total. The van der Waals surface area contributed by atoms with E-state index in [0.717, 1.165) is 91.6 Å². The van der Waals surface area contributed by atoms with E-state index in [1.54, 1.807) is 16.8 Å². The van der Waals surface area contributed by atoms with Crippen LogP contribution in [0.25, 0.3) is 16.7 Å². The van der Waals surface area contributed by atoms with Crippen molar-refractivity contribution in [2.24, 2.45) is 0 Å². The zero-order chi connectivity index (χ0) is 24.4. The van der Waals surface area contributed by atoms with Crippen molar-refractivity contribution in [2.45, 2.75) is 39.7 Å². The van der Waals surface area contributed by atoms with Crippen LogP contribution in [-0.2, 0) is 13.0 Å². The zero-order valence-corrected chi connectivity index (χ0v) is 20.2. The SMILES string of the molecule is CCCc1nc(N2CCCN(Cc3ccc(F)cc3)CC2)c2c(C)nn(-c3ccc(F)cc3)c2n1. The molecule has 6 nitrogen and oxygen atoms in total. The fourth-order valence-electron chi connectivity index (χ4n) is 4.72. The highest BCUT2D eigenvalue weighted by Crippen LogP contribution is 2.30. The van der Waals surface area contributed by atoms with E-state index in [0.29, 0.717) is 0 Å². The van der Waals surface area contributed by atoms with Crippen molar-refractivity contribution in [3.05, 3.63) is 77.2 Å². The summed E-state index contributed by atoms with van der Waals surface area (Å²) in [6, 6.07) is 13.1. The molecule has 2 aromatic heterocycles. The molecule has 0 bridgehead atoms. The number of aromatic nitrogens is 4. The van der Waals surface area contributed by atoms with Gasteiger partial charge in [0.2, 0.25) is 0 Å². The first-order chi connectivity index (χ1) is 17.0. The van der Waals surface area contributed by atoms with Crippen molar-refractivity contribution < 1.29 is 8.78 Å². The quantitative estimate of drug-likeness (QED) is 0.389. The molecule has 35 heavy (non-hydrogen) atoms. The largest absolute Gasteiger partial charge is 0.355 e. The average Bonchev–Trinajstić information content (AvgIpc) is 3.02. The van der Waals surface area contributed by atoms with Crippen molar-refractivity contribution in [1.82, 2.24) is 24.6 Å². The Morgan fingerprint density at radius 1 is 0.857 bits per heavy atom. The van der Waals surface area contributed by atoms with E-state index in [1.165, 1.54) is 24.3 Å². The Bertz CT molecular complexity index is 1300. The van der Waals surface area contributed by atoms with Crippen LogP contribution in [0.5, 0.6) is 0 Å². The Labute approximate surface area is 204 Å². The average molecular weight is 477 g/mol. The van der Waals surface area contributed by atoms with Gasteiger partial charge in [-0.25, -0.2) is 23.4 Å². The van der Waals surface area contributed by atoms with Gasteiger partial charge in [-0.15, -0.1) is 0 Å². The number of rotatable bonds is 6. The standard InChI is InChI=1S/C27H30F2N6/c1-3-5-24-30-26(25-19(2)32-35(27(25)31-24)23-12-10-22(29)11-13-23)34-15-4-14-33(16-17-34)18-20-6-8-21(28)9-7-20/h6-13H,3-5,14-18H2,1-2H3. The maximum Gasteiger partial charge on any atom is 0.168 e. The maximum absolute atomic E-state index is 13.5. The molecule has 0 spiro atoms. The molecule has 0 aliphatic carbocycles. The lowest BCUT2D eigenvalue weighted by atomic mass is 10.2. The highest BCUT2D eigenvalue weighted by Gasteiger charge is 2.23. The molecule has 0 radical (unpaired) electrons. The lowest BCUT2D eigenvalue weighted by molar-refractivity contribution is 0.285. The molecule has 0 amide bonds. The van der Waals surface area contributed by atoms with Crippen LogP contribution in [0.15, 0.2) is 48.5 Å². The minimum Gasteiger partial charge on any atom is -0.355 e. The molecule has 1 saturated heterocycles. The monoisotopic (exact) mass is 476 g/mol. The fraction of sp³-hybridized carbons (Fsp3) is 0.370. The van der Waals surface area contributed by atoms with Crippen molar-refractivity contribution in [3.63, 3.8) is 0 Å². The first-order valence-electron chi connectivity index (χ1n) is 12.3. The molecule has 8 heteroatoms. The number of hydrogen-bond donors (Lipinski definition) is 0. The van der Waals surface area contributed by atoms with Gasteiger partial charge in [0.15, 0.2) is 5.65 Å². The van der Waals surface area contributed by atoms with Gasteiger partial charge in [-0.1, -0.05) is 19.1 Å². The summed E-state index contributed by atoms with van der Waals surface area (Å²) in [6.45, 7) is 8.48. The predicted molar refractivity (Wildman–Crippen MR) is 134 cm³/mol. The van der Waals surface area contributed by atoms with Gasteiger partial charge >= 0.3 is 0 Å². The molecule has 0 unspecified atom stereocenters. The van der Waals surface area contributed by atoms with Crippen molar-refractivity contribution in [1.29, 1.82) is 0 Å². The lowest BCUT2D eigenvalue weighted by Crippen LogP contribution is -2.31. The van der Waals surface area contributed by atoms with Crippen LogP contribution in [0.4, 0.5) is 14.6 Å². The molecule has 1 aliphatic rings. The summed E-state index contributed by atoms with van der Waals surface area (Å²) in [5.74, 6) is 1.24. The number of nitrogens with zero attached hydrogens (tertiary/aromatic N) is 6. The van der Waals surface area contributed by atoms with E-state index in [4.69, 9.17) is 15.1 Å². The molecule has 1 aliphatic heterocycles. The van der Waals surface area contributed by atoms with Crippen molar-refractivity contribution in [2.75, 3.05) is 31.1 Å². The van der Waals surface area contributed by atoms with Crippen LogP contribution in [0.2, 0.25) is 0 Å². The van der Waals surface area contributed by atoms with Crippen LogP contribution >= 0.6 is 0 Å². The summed E-state index contributed by atoms with van der Waals surface area (Å²) in [5, 5.41) is 5.72. The highest BCUT2D eigenvalue weighted by atomic mass is 19.1. The van der Waals surface area contributed by atoms with E-state index in [2.05, 4.69) is 16.7 Å². The molecule has 2 aromatic carbocycles. The zero-order valence-electron chi connectivity index (χ0n) is 20.2. The first-order valence-corrected chi connectivity index (χ1v) is 12.3. The second-order valence-corrected chi connectivity index (χ2v) is 9.13. The first kappa shape index (κ1) is 23.4. The van der Waals surface area contributed by atoms with E-state index in [9.17, 15) is 8.78 Å². The van der Waals surface area contributed by atoms with Gasteiger partial charge in [0.1, 0.15) is 23.3 Å². The summed E-state index contributed by atoms with van der Waals surface area (Å²) >= 11 is 0. The van der Waals surface area contributed by atoms with Crippen LogP contribution < -0.4 is 4.90 Å². The molecular formula is C27H30F2N6. The van der Waals surface area contributed by atoms with E-state index in [-0.39, 0.29) is 11.6 Å². The maximum atomic E-state index is 13.5. The smallest absolute Gasteiger partial charge is 0.168 e. The lowest BCUT2D eigenvalue weighted by Gasteiger charge is -2.24. The van der Waals surface area contributed by atoms with Gasteiger partial charge < -0.3 is 4.90 Å². The normalized spacial score (nSPS) is 15.0. The third kappa shape index (κ3) is 5.03. The van der Waals surface area contributed by atoms with Gasteiger partial charge in [-0.2, -0.15) is 5.10 Å². The van der Waals surface area contributed by atoms with Crippen molar-refractivity contribution >= 4 is 16.9 Å². The Hall–Kier alpha value is -3.39. The van der Waals surface area contributed by atoms with E-state index in [1.807, 2.05) is 19.1 Å². The molecule has 182 valence electrons. The predicted octanol–water partition coefficient (Wildman–Crippen LogP) is 5.07. The molecule has 1 fully saturated rings.